The number of aliphatic imine (C=N–C) groups is 1. The minimum absolute atomic E-state index is 0.0196. The van der Waals surface area contributed by atoms with Crippen molar-refractivity contribution in [3.8, 4) is 0 Å². The molecule has 1 rings (SSSR count). The van der Waals surface area contributed by atoms with Crippen LogP contribution in [0.3, 0.4) is 0 Å². The topological polar surface area (TPSA) is 422 Å². The number of carbonyl (C=O) groups excluding carboxylic acids is 8. The van der Waals surface area contributed by atoms with Crippen LogP contribution in [0.1, 0.15) is 200 Å². The van der Waals surface area contributed by atoms with E-state index in [9.17, 15) is 43.5 Å². The maximum Gasteiger partial charge on any atom is 0.243 e. The first-order valence-electron chi connectivity index (χ1n) is 30.1. The molecule has 24 heteroatoms. The van der Waals surface area contributed by atoms with Gasteiger partial charge in [0.15, 0.2) is 5.96 Å². The number of aliphatic hydroxyl groups is 1. The maximum atomic E-state index is 14.4. The number of amides is 8. The second-order valence-electron chi connectivity index (χ2n) is 21.1. The Labute approximate surface area is 477 Å². The summed E-state index contributed by atoms with van der Waals surface area (Å²) in [5, 5.41) is 32.7. The largest absolute Gasteiger partial charge is 0.393 e. The second-order valence-corrected chi connectivity index (χ2v) is 21.1. The summed E-state index contributed by atoms with van der Waals surface area (Å²) in [6.07, 6.45) is 21.8. The van der Waals surface area contributed by atoms with Gasteiger partial charge in [-0.3, -0.25) is 43.3 Å². The third-order valence-corrected chi connectivity index (χ3v) is 13.9. The molecule has 24 nitrogen and oxygen atoms in total. The molecule has 0 aromatic heterocycles. The van der Waals surface area contributed by atoms with E-state index >= 15 is 0 Å². The maximum absolute atomic E-state index is 14.4. The Morgan fingerprint density at radius 1 is 0.588 bits per heavy atom. The molecule has 1 aliphatic rings. The molecule has 7 atom stereocenters. The van der Waals surface area contributed by atoms with Crippen molar-refractivity contribution < 1.29 is 43.5 Å². The van der Waals surface area contributed by atoms with Crippen LogP contribution in [0, 0.1) is 0 Å². The zero-order valence-corrected chi connectivity index (χ0v) is 48.5. The summed E-state index contributed by atoms with van der Waals surface area (Å²) in [6, 6.07) is -6.89. The molecule has 0 aliphatic carbocycles. The van der Waals surface area contributed by atoms with Gasteiger partial charge in [-0.1, -0.05) is 64.0 Å². The molecule has 0 bridgehead atoms. The lowest BCUT2D eigenvalue weighted by atomic mass is 10.0. The van der Waals surface area contributed by atoms with Crippen LogP contribution in [0.5, 0.6) is 0 Å². The predicted octanol–water partition coefficient (Wildman–Crippen LogP) is 0.889. The number of hydrogen-bond acceptors (Lipinski definition) is 14. The fourth-order valence-corrected chi connectivity index (χ4v) is 9.17. The van der Waals surface area contributed by atoms with Gasteiger partial charge in [0.25, 0.3) is 0 Å². The molecule has 3 unspecified atom stereocenters. The highest BCUT2D eigenvalue weighted by Gasteiger charge is 2.33. The summed E-state index contributed by atoms with van der Waals surface area (Å²) in [4.78, 5) is 115. The lowest BCUT2D eigenvalue weighted by Crippen LogP contribution is -2.59. The van der Waals surface area contributed by atoms with E-state index in [0.717, 1.165) is 44.9 Å². The van der Waals surface area contributed by atoms with E-state index < -0.39 is 96.2 Å². The number of rotatable bonds is 40. The summed E-state index contributed by atoms with van der Waals surface area (Å²) in [5.74, 6) is -5.23. The number of aliphatic hydroxyl groups excluding tert-OH is 1. The lowest BCUT2D eigenvalue weighted by molar-refractivity contribution is -0.135. The van der Waals surface area contributed by atoms with Gasteiger partial charge in [0.1, 0.15) is 36.3 Å². The number of nitrogens with zero attached hydrogens (tertiary/aromatic N) is 1. The van der Waals surface area contributed by atoms with Crippen molar-refractivity contribution in [1.82, 2.24) is 42.5 Å². The van der Waals surface area contributed by atoms with Crippen molar-refractivity contribution in [2.75, 3.05) is 45.8 Å². The van der Waals surface area contributed by atoms with Crippen LogP contribution in [0.15, 0.2) is 17.1 Å². The van der Waals surface area contributed by atoms with E-state index in [1.807, 2.05) is 0 Å². The van der Waals surface area contributed by atoms with Gasteiger partial charge in [0, 0.05) is 13.1 Å². The van der Waals surface area contributed by atoms with Crippen molar-refractivity contribution in [2.24, 2.45) is 39.4 Å². The van der Waals surface area contributed by atoms with Gasteiger partial charge in [-0.05, 0) is 167 Å². The fourth-order valence-electron chi connectivity index (χ4n) is 9.17. The molecule has 0 radical (unpaired) electrons. The predicted molar refractivity (Wildman–Crippen MR) is 314 cm³/mol. The Morgan fingerprint density at radius 3 is 1.56 bits per heavy atom. The van der Waals surface area contributed by atoms with E-state index in [0.29, 0.717) is 90.4 Å². The van der Waals surface area contributed by atoms with Gasteiger partial charge in [-0.15, -0.1) is 0 Å². The first kappa shape index (κ1) is 72.6. The van der Waals surface area contributed by atoms with Gasteiger partial charge < -0.3 is 82.0 Å². The number of nitrogens with one attached hydrogen (secondary N) is 8. The van der Waals surface area contributed by atoms with Crippen molar-refractivity contribution >= 4 is 53.2 Å². The number of unbranched alkanes of at least 4 members (excludes halogenated alkanes) is 13. The molecular weight excluding hydrogens is 1030 g/mol. The van der Waals surface area contributed by atoms with E-state index in [1.54, 1.807) is 0 Å². The normalized spacial score (nSPS) is 19.7. The van der Waals surface area contributed by atoms with Gasteiger partial charge in [0.2, 0.25) is 47.3 Å². The van der Waals surface area contributed by atoms with E-state index in [2.05, 4.69) is 66.6 Å². The van der Waals surface area contributed by atoms with Crippen LogP contribution in [0.2, 0.25) is 0 Å². The molecule has 0 spiro atoms. The molecule has 0 aromatic carbocycles. The highest BCUT2D eigenvalue weighted by Crippen LogP contribution is 2.14. The first-order valence-corrected chi connectivity index (χ1v) is 30.1. The zero-order chi connectivity index (χ0) is 59.2. The van der Waals surface area contributed by atoms with E-state index in [-0.39, 0.29) is 76.8 Å². The fraction of sp³-hybridized carbons (Fsp3) is 0.804. The van der Waals surface area contributed by atoms with Crippen LogP contribution in [-0.2, 0) is 38.4 Å². The van der Waals surface area contributed by atoms with Crippen molar-refractivity contribution in [3.63, 3.8) is 0 Å². The highest BCUT2D eigenvalue weighted by molar-refractivity contribution is 5.97. The Morgan fingerprint density at radius 2 is 1.06 bits per heavy atom. The molecule has 1 heterocycles. The number of allylic oxidation sites excluding steroid dienone is 2. The SMILES string of the molecule is CCCCCC/C=C\CCCCCCC[C@@H](O)CC(=O)NCC(=O)N[C@@H](CCCN=C(N)N)C(=O)NC1CCCCNC(=O)C(CCCCN)NC(=O)[C@@H](CCCCN)NC(=O)[C@@H](CCCCN)NC(=O)C(CCCCN)NC1=O. The summed E-state index contributed by atoms with van der Waals surface area (Å²) in [5.41, 5.74) is 34.2. The molecule has 1 saturated heterocycles. The standard InChI is InChI=1S/C56H107N15O9/c1-2-3-4-5-6-7-8-9-10-11-12-13-14-26-41(72)39-48(73)65-40-49(74)66-43(32-25-38-64-56(61)62)51(76)68-47-31-19-24-37-63-50(75)42(27-15-20-33-57)67-52(77)44(28-16-21-34-58)69-53(78)45(29-17-22-35-59)70-54(79)46(71-55(47)80)30-18-23-36-60/h7-8,41-47,72H,2-6,9-40,57-60H2,1H3,(H,63,75)(H,65,73)(H,66,74)(H,67,77)(H,68,76)(H,69,78)(H,70,79)(H,71,80)(H4,61,62,64)/b8-7-/t41-,42?,43+,44-,45-,46?,47?/m1/s1. The molecule has 21 N–H and O–H groups in total. The highest BCUT2D eigenvalue weighted by atomic mass is 16.3. The zero-order valence-electron chi connectivity index (χ0n) is 48.5. The number of guanidine groups is 1. The molecule has 1 fully saturated rings. The lowest BCUT2D eigenvalue weighted by Gasteiger charge is -2.28. The average molecular weight is 1130 g/mol. The van der Waals surface area contributed by atoms with Gasteiger partial charge in [-0.2, -0.15) is 0 Å². The van der Waals surface area contributed by atoms with E-state index in [4.69, 9.17) is 34.4 Å². The first-order chi connectivity index (χ1) is 38.6. The Balaban J connectivity index is 3.34. The summed E-state index contributed by atoms with van der Waals surface area (Å²) in [7, 11) is 0. The minimum atomic E-state index is -1.27. The Hall–Kier alpha value is -5.43. The van der Waals surface area contributed by atoms with Crippen LogP contribution in [0.4, 0.5) is 0 Å². The molecule has 460 valence electrons. The van der Waals surface area contributed by atoms with Gasteiger partial charge in [-0.25, -0.2) is 0 Å². The van der Waals surface area contributed by atoms with E-state index in [1.165, 1.54) is 25.7 Å². The quantitative estimate of drug-likeness (QED) is 0.0175. The summed E-state index contributed by atoms with van der Waals surface area (Å²) in [6.45, 7) is 3.33. The summed E-state index contributed by atoms with van der Waals surface area (Å²) >= 11 is 0. The number of hydrogen-bond donors (Lipinski definition) is 15. The van der Waals surface area contributed by atoms with Crippen molar-refractivity contribution in [2.45, 2.75) is 242 Å². The van der Waals surface area contributed by atoms with Crippen LogP contribution in [0.25, 0.3) is 0 Å². The van der Waals surface area contributed by atoms with Crippen LogP contribution < -0.4 is 76.9 Å². The molecule has 0 aromatic rings. The summed E-state index contributed by atoms with van der Waals surface area (Å²) < 4.78 is 0. The second kappa shape index (κ2) is 47.2. The third-order valence-electron chi connectivity index (χ3n) is 13.9. The average Bonchev–Trinajstić information content (AvgIpc) is 3.44. The molecular formula is C56H107N15O9. The third kappa shape index (κ3) is 36.0. The number of nitrogens with two attached hydrogens (primary N) is 6. The van der Waals surface area contributed by atoms with Crippen molar-refractivity contribution in [1.29, 1.82) is 0 Å². The monoisotopic (exact) mass is 1130 g/mol. The molecule has 1 aliphatic heterocycles. The Kier molecular flexibility index (Phi) is 42.9. The molecule has 0 saturated carbocycles. The van der Waals surface area contributed by atoms with Crippen molar-refractivity contribution in [3.05, 3.63) is 12.2 Å². The molecule has 80 heavy (non-hydrogen) atoms. The van der Waals surface area contributed by atoms with Gasteiger partial charge in [0.05, 0.1) is 19.1 Å². The van der Waals surface area contributed by atoms with Crippen LogP contribution in [-0.4, -0.2) is 146 Å². The Bertz CT molecular complexity index is 1820. The smallest absolute Gasteiger partial charge is 0.243 e. The number of carbonyl (C=O) groups is 8. The van der Waals surface area contributed by atoms with Crippen LogP contribution >= 0.6 is 0 Å². The molecule has 8 amide bonds. The minimum Gasteiger partial charge on any atom is -0.393 e. The van der Waals surface area contributed by atoms with Gasteiger partial charge >= 0.3 is 0 Å².